The zero-order chi connectivity index (χ0) is 14.0. The minimum absolute atomic E-state index is 0.177. The Bertz CT molecular complexity index is 337. The number of likely N-dealkylation sites (tertiary alicyclic amines) is 1. The summed E-state index contributed by atoms with van der Waals surface area (Å²) in [5.41, 5.74) is 0. The summed E-state index contributed by atoms with van der Waals surface area (Å²) in [6.07, 6.45) is 1.06. The molecule has 0 radical (unpaired) electrons. The molecule has 5 nitrogen and oxygen atoms in total. The number of hydrogen-bond acceptors (Lipinski definition) is 4. The van der Waals surface area contributed by atoms with Crippen molar-refractivity contribution in [3.8, 4) is 0 Å². The van der Waals surface area contributed by atoms with E-state index in [0.29, 0.717) is 44.6 Å². The van der Waals surface area contributed by atoms with Gasteiger partial charge in [-0.15, -0.1) is 0 Å². The van der Waals surface area contributed by atoms with E-state index in [4.69, 9.17) is 0 Å². The third kappa shape index (κ3) is 3.54. The van der Waals surface area contributed by atoms with Crippen molar-refractivity contribution in [1.82, 2.24) is 14.7 Å². The van der Waals surface area contributed by atoms with Gasteiger partial charge in [0.25, 0.3) is 0 Å². The number of Topliss-reactive ketones (excluding diaryl/α,β-unsaturated/α-hetero) is 1. The molecule has 2 heterocycles. The molecule has 2 atom stereocenters. The molecule has 2 aliphatic rings. The molecular formula is C14H25N3O2. The zero-order valence-corrected chi connectivity index (χ0v) is 12.3. The Hall–Kier alpha value is -0.940. The molecule has 2 aliphatic heterocycles. The van der Waals surface area contributed by atoms with Gasteiger partial charge in [-0.05, 0) is 20.9 Å². The molecule has 108 valence electrons. The van der Waals surface area contributed by atoms with Gasteiger partial charge in [-0.1, -0.05) is 0 Å². The van der Waals surface area contributed by atoms with Crippen LogP contribution in [0.1, 0.15) is 26.7 Å². The molecule has 2 saturated heterocycles. The molecule has 2 unspecified atom stereocenters. The van der Waals surface area contributed by atoms with E-state index >= 15 is 0 Å². The van der Waals surface area contributed by atoms with E-state index in [1.807, 2.05) is 4.90 Å². The van der Waals surface area contributed by atoms with Gasteiger partial charge in [0, 0.05) is 51.1 Å². The standard InChI is InChI=1S/C14H25N3O2/c1-11-8-16(9-12(2)15(11)3)10-14(19)17-6-4-13(18)5-7-17/h11-12H,4-10H2,1-3H3. The van der Waals surface area contributed by atoms with Gasteiger partial charge in [0.15, 0.2) is 0 Å². The first-order valence-electron chi connectivity index (χ1n) is 7.21. The summed E-state index contributed by atoms with van der Waals surface area (Å²) in [6.45, 7) is 8.00. The minimum Gasteiger partial charge on any atom is -0.341 e. The quantitative estimate of drug-likeness (QED) is 0.717. The summed E-state index contributed by atoms with van der Waals surface area (Å²) < 4.78 is 0. The number of carbonyl (C=O) groups excluding carboxylic acids is 2. The SMILES string of the molecule is CC1CN(CC(=O)N2CCC(=O)CC2)CC(C)N1C. The second-order valence-electron chi connectivity index (χ2n) is 5.98. The van der Waals surface area contributed by atoms with E-state index in [0.717, 1.165) is 13.1 Å². The van der Waals surface area contributed by atoms with Crippen LogP contribution in [0, 0.1) is 0 Å². The summed E-state index contributed by atoms with van der Waals surface area (Å²) in [6, 6.07) is 0.971. The maximum atomic E-state index is 12.2. The van der Waals surface area contributed by atoms with Crippen LogP contribution in [0.2, 0.25) is 0 Å². The van der Waals surface area contributed by atoms with Gasteiger partial charge in [-0.25, -0.2) is 0 Å². The van der Waals surface area contributed by atoms with Crippen LogP contribution >= 0.6 is 0 Å². The maximum absolute atomic E-state index is 12.2. The van der Waals surface area contributed by atoms with E-state index in [1.165, 1.54) is 0 Å². The number of ketones is 1. The summed E-state index contributed by atoms with van der Waals surface area (Å²) in [7, 11) is 2.14. The van der Waals surface area contributed by atoms with Crippen molar-refractivity contribution >= 4 is 11.7 Å². The highest BCUT2D eigenvalue weighted by Crippen LogP contribution is 2.14. The van der Waals surface area contributed by atoms with Crippen molar-refractivity contribution in [2.45, 2.75) is 38.8 Å². The summed E-state index contributed by atoms with van der Waals surface area (Å²) in [5.74, 6) is 0.461. The van der Waals surface area contributed by atoms with Crippen LogP contribution in [0.15, 0.2) is 0 Å². The number of piperazine rings is 1. The van der Waals surface area contributed by atoms with Crippen molar-refractivity contribution in [3.63, 3.8) is 0 Å². The molecule has 0 spiro atoms. The number of nitrogens with zero attached hydrogens (tertiary/aromatic N) is 3. The fourth-order valence-electron chi connectivity index (χ4n) is 2.94. The first kappa shape index (κ1) is 14.5. The van der Waals surface area contributed by atoms with Crippen LogP contribution in [0.25, 0.3) is 0 Å². The highest BCUT2D eigenvalue weighted by Gasteiger charge is 2.29. The highest BCUT2D eigenvalue weighted by atomic mass is 16.2. The number of carbonyl (C=O) groups is 2. The Morgan fingerprint density at radius 2 is 1.68 bits per heavy atom. The van der Waals surface area contributed by atoms with E-state index in [1.54, 1.807) is 0 Å². The minimum atomic E-state index is 0.177. The number of piperidine rings is 1. The lowest BCUT2D eigenvalue weighted by molar-refractivity contribution is -0.136. The molecule has 0 aromatic rings. The van der Waals surface area contributed by atoms with Crippen LogP contribution in [0.5, 0.6) is 0 Å². The van der Waals surface area contributed by atoms with Gasteiger partial charge in [-0.2, -0.15) is 0 Å². The number of hydrogen-bond donors (Lipinski definition) is 0. The molecular weight excluding hydrogens is 242 g/mol. The van der Waals surface area contributed by atoms with E-state index in [2.05, 4.69) is 30.7 Å². The Balaban J connectivity index is 1.84. The normalized spacial score (nSPS) is 30.7. The molecule has 2 fully saturated rings. The fourth-order valence-corrected chi connectivity index (χ4v) is 2.94. The second kappa shape index (κ2) is 6.01. The second-order valence-corrected chi connectivity index (χ2v) is 5.98. The Labute approximate surface area is 115 Å². The van der Waals surface area contributed by atoms with Crippen LogP contribution in [0.4, 0.5) is 0 Å². The Morgan fingerprint density at radius 1 is 1.16 bits per heavy atom. The van der Waals surface area contributed by atoms with Gasteiger partial charge in [-0.3, -0.25) is 19.4 Å². The number of amides is 1. The summed E-state index contributed by atoms with van der Waals surface area (Å²) in [4.78, 5) is 29.9. The highest BCUT2D eigenvalue weighted by molar-refractivity contribution is 5.84. The lowest BCUT2D eigenvalue weighted by Gasteiger charge is -2.42. The summed E-state index contributed by atoms with van der Waals surface area (Å²) >= 11 is 0. The summed E-state index contributed by atoms with van der Waals surface area (Å²) in [5, 5.41) is 0. The number of rotatable bonds is 2. The van der Waals surface area contributed by atoms with E-state index in [-0.39, 0.29) is 11.7 Å². The largest absolute Gasteiger partial charge is 0.341 e. The van der Waals surface area contributed by atoms with Gasteiger partial charge in [0.2, 0.25) is 5.91 Å². The van der Waals surface area contributed by atoms with Crippen LogP contribution in [-0.4, -0.2) is 78.2 Å². The Morgan fingerprint density at radius 3 is 2.21 bits per heavy atom. The molecule has 0 bridgehead atoms. The topological polar surface area (TPSA) is 43.9 Å². The predicted molar refractivity (Wildman–Crippen MR) is 73.9 cm³/mol. The molecule has 19 heavy (non-hydrogen) atoms. The average Bonchev–Trinajstić information content (AvgIpc) is 2.36. The third-order valence-electron chi connectivity index (χ3n) is 4.47. The van der Waals surface area contributed by atoms with Crippen molar-refractivity contribution in [2.24, 2.45) is 0 Å². The lowest BCUT2D eigenvalue weighted by atomic mass is 10.1. The fraction of sp³-hybridized carbons (Fsp3) is 0.857. The smallest absolute Gasteiger partial charge is 0.236 e. The van der Waals surface area contributed by atoms with Crippen molar-refractivity contribution in [1.29, 1.82) is 0 Å². The van der Waals surface area contributed by atoms with Crippen molar-refractivity contribution in [3.05, 3.63) is 0 Å². The molecule has 1 amide bonds. The monoisotopic (exact) mass is 267 g/mol. The molecule has 5 heteroatoms. The van der Waals surface area contributed by atoms with Gasteiger partial charge in [0.05, 0.1) is 6.54 Å². The maximum Gasteiger partial charge on any atom is 0.236 e. The van der Waals surface area contributed by atoms with Crippen molar-refractivity contribution in [2.75, 3.05) is 39.8 Å². The van der Waals surface area contributed by atoms with E-state index < -0.39 is 0 Å². The molecule has 0 N–H and O–H groups in total. The van der Waals surface area contributed by atoms with Gasteiger partial charge >= 0.3 is 0 Å². The third-order valence-corrected chi connectivity index (χ3v) is 4.47. The van der Waals surface area contributed by atoms with Crippen LogP contribution in [-0.2, 0) is 9.59 Å². The molecule has 0 saturated carbocycles. The molecule has 0 aromatic carbocycles. The average molecular weight is 267 g/mol. The predicted octanol–water partition coefficient (Wildman–Crippen LogP) is 0.202. The van der Waals surface area contributed by atoms with Gasteiger partial charge < -0.3 is 4.90 Å². The lowest BCUT2D eigenvalue weighted by Crippen LogP contribution is -2.57. The first-order chi connectivity index (χ1) is 8.97. The van der Waals surface area contributed by atoms with Gasteiger partial charge in [0.1, 0.15) is 5.78 Å². The molecule has 2 rings (SSSR count). The van der Waals surface area contributed by atoms with Crippen molar-refractivity contribution < 1.29 is 9.59 Å². The first-order valence-corrected chi connectivity index (χ1v) is 7.21. The number of likely N-dealkylation sites (N-methyl/N-ethyl adjacent to an activating group) is 1. The van der Waals surface area contributed by atoms with Crippen LogP contribution in [0.3, 0.4) is 0 Å². The van der Waals surface area contributed by atoms with Crippen LogP contribution < -0.4 is 0 Å². The van der Waals surface area contributed by atoms with E-state index in [9.17, 15) is 9.59 Å². The zero-order valence-electron chi connectivity index (χ0n) is 12.3. The molecule has 0 aliphatic carbocycles. The Kier molecular flexibility index (Phi) is 4.58. The molecule has 0 aromatic heterocycles.